The van der Waals surface area contributed by atoms with Gasteiger partial charge in [0.15, 0.2) is 0 Å². The van der Waals surface area contributed by atoms with E-state index in [9.17, 15) is 4.79 Å². The molecule has 0 amide bonds. The van der Waals surface area contributed by atoms with Crippen molar-refractivity contribution < 1.29 is 19.0 Å². The maximum atomic E-state index is 11.8. The number of ether oxygens (including phenoxy) is 3. The van der Waals surface area contributed by atoms with Crippen LogP contribution < -0.4 is 14.2 Å². The Morgan fingerprint density at radius 1 is 0.905 bits per heavy atom. The van der Waals surface area contributed by atoms with E-state index in [1.54, 1.807) is 44.6 Å². The van der Waals surface area contributed by atoms with Crippen molar-refractivity contribution in [3.63, 3.8) is 0 Å². The summed E-state index contributed by atoms with van der Waals surface area (Å²) >= 11 is 0. The predicted molar refractivity (Wildman–Crippen MR) is 80.7 cm³/mol. The summed E-state index contributed by atoms with van der Waals surface area (Å²) in [6.07, 6.45) is 3.02. The van der Waals surface area contributed by atoms with E-state index in [1.807, 2.05) is 24.3 Å². The summed E-state index contributed by atoms with van der Waals surface area (Å²) < 4.78 is 15.4. The van der Waals surface area contributed by atoms with Gasteiger partial charge in [-0.25, -0.2) is 4.79 Å². The van der Waals surface area contributed by atoms with Crippen molar-refractivity contribution in [2.75, 3.05) is 14.2 Å². The molecule has 4 nitrogen and oxygen atoms in total. The quantitative estimate of drug-likeness (QED) is 0.480. The zero-order chi connectivity index (χ0) is 15.1. The molecule has 0 aliphatic heterocycles. The van der Waals surface area contributed by atoms with E-state index in [2.05, 4.69) is 0 Å². The number of esters is 1. The summed E-state index contributed by atoms with van der Waals surface area (Å²) in [5.74, 6) is 1.42. The van der Waals surface area contributed by atoms with Crippen molar-refractivity contribution in [1.82, 2.24) is 0 Å². The van der Waals surface area contributed by atoms with E-state index in [0.29, 0.717) is 17.2 Å². The van der Waals surface area contributed by atoms with Crippen LogP contribution in [0.3, 0.4) is 0 Å². The minimum absolute atomic E-state index is 0.453. The van der Waals surface area contributed by atoms with E-state index in [1.165, 1.54) is 6.08 Å². The van der Waals surface area contributed by atoms with Gasteiger partial charge >= 0.3 is 5.97 Å². The average Bonchev–Trinajstić information content (AvgIpc) is 2.54. The van der Waals surface area contributed by atoms with Crippen LogP contribution in [-0.2, 0) is 4.79 Å². The van der Waals surface area contributed by atoms with E-state index < -0.39 is 5.97 Å². The molecule has 0 unspecified atom stereocenters. The number of benzene rings is 2. The molecule has 2 aromatic rings. The van der Waals surface area contributed by atoms with Crippen LogP contribution in [0.4, 0.5) is 0 Å². The van der Waals surface area contributed by atoms with Gasteiger partial charge in [0.25, 0.3) is 0 Å². The molecule has 4 heteroatoms. The second kappa shape index (κ2) is 7.14. The summed E-state index contributed by atoms with van der Waals surface area (Å²) in [5, 5.41) is 0. The molecule has 0 heterocycles. The fraction of sp³-hybridized carbons (Fsp3) is 0.118. The standard InChI is InChI=1S/C17H16O4/c1-19-14-8-10-15(11-9-14)21-17(18)12-7-13-5-3-4-6-16(13)20-2/h3-12H,1-2H3. The van der Waals surface area contributed by atoms with Gasteiger partial charge in [-0.05, 0) is 36.4 Å². The number of carbonyl (C=O) groups is 1. The van der Waals surface area contributed by atoms with Gasteiger partial charge in [-0.1, -0.05) is 18.2 Å². The Morgan fingerprint density at radius 2 is 1.57 bits per heavy atom. The first-order valence-corrected chi connectivity index (χ1v) is 6.40. The first-order chi connectivity index (χ1) is 10.2. The van der Waals surface area contributed by atoms with Gasteiger partial charge in [-0.2, -0.15) is 0 Å². The molecule has 0 aliphatic carbocycles. The molecule has 0 saturated carbocycles. The Bertz CT molecular complexity index is 629. The van der Waals surface area contributed by atoms with Gasteiger partial charge in [-0.15, -0.1) is 0 Å². The maximum Gasteiger partial charge on any atom is 0.336 e. The molecule has 21 heavy (non-hydrogen) atoms. The second-order valence-corrected chi connectivity index (χ2v) is 4.17. The zero-order valence-electron chi connectivity index (χ0n) is 11.9. The number of methoxy groups -OCH3 is 2. The summed E-state index contributed by atoms with van der Waals surface area (Å²) in [6.45, 7) is 0. The number of rotatable bonds is 5. The highest BCUT2D eigenvalue weighted by molar-refractivity contribution is 5.89. The van der Waals surface area contributed by atoms with Gasteiger partial charge < -0.3 is 14.2 Å². The fourth-order valence-electron chi connectivity index (χ4n) is 1.76. The van der Waals surface area contributed by atoms with Crippen molar-refractivity contribution in [3.8, 4) is 17.2 Å². The van der Waals surface area contributed by atoms with Crippen molar-refractivity contribution in [2.24, 2.45) is 0 Å². The third-order valence-electron chi connectivity index (χ3n) is 2.82. The highest BCUT2D eigenvalue weighted by atomic mass is 16.5. The molecule has 2 aromatic carbocycles. The lowest BCUT2D eigenvalue weighted by molar-refractivity contribution is -0.128. The zero-order valence-corrected chi connectivity index (χ0v) is 11.9. The third-order valence-corrected chi connectivity index (χ3v) is 2.82. The summed E-state index contributed by atoms with van der Waals surface area (Å²) in [7, 11) is 3.17. The lowest BCUT2D eigenvalue weighted by atomic mass is 10.2. The van der Waals surface area contributed by atoms with Crippen LogP contribution in [0.5, 0.6) is 17.2 Å². The fourth-order valence-corrected chi connectivity index (χ4v) is 1.76. The molecule has 0 bridgehead atoms. The molecule has 0 N–H and O–H groups in total. The molecule has 0 aromatic heterocycles. The van der Waals surface area contributed by atoms with Gasteiger partial charge in [0.1, 0.15) is 17.2 Å². The van der Waals surface area contributed by atoms with Crippen LogP contribution >= 0.6 is 0 Å². The molecular formula is C17H16O4. The van der Waals surface area contributed by atoms with Gasteiger partial charge in [0, 0.05) is 11.6 Å². The Balaban J connectivity index is 2.02. The highest BCUT2D eigenvalue weighted by Gasteiger charge is 2.02. The highest BCUT2D eigenvalue weighted by Crippen LogP contribution is 2.19. The minimum Gasteiger partial charge on any atom is -0.497 e. The Morgan fingerprint density at radius 3 is 2.24 bits per heavy atom. The number of carbonyl (C=O) groups excluding carboxylic acids is 1. The van der Waals surface area contributed by atoms with E-state index in [0.717, 1.165) is 5.56 Å². The van der Waals surface area contributed by atoms with Gasteiger partial charge in [0.05, 0.1) is 14.2 Å². The smallest absolute Gasteiger partial charge is 0.336 e. The number of para-hydroxylation sites is 1. The lowest BCUT2D eigenvalue weighted by Gasteiger charge is -2.04. The molecule has 0 aliphatic rings. The van der Waals surface area contributed by atoms with Crippen LogP contribution in [-0.4, -0.2) is 20.2 Å². The summed E-state index contributed by atoms with van der Waals surface area (Å²) in [6, 6.07) is 14.2. The van der Waals surface area contributed by atoms with Crippen LogP contribution in [0.1, 0.15) is 5.56 Å². The van der Waals surface area contributed by atoms with Crippen molar-refractivity contribution in [1.29, 1.82) is 0 Å². The van der Waals surface area contributed by atoms with Gasteiger partial charge in [0.2, 0.25) is 0 Å². The Labute approximate surface area is 123 Å². The Kier molecular flexibility index (Phi) is 4.99. The first-order valence-electron chi connectivity index (χ1n) is 6.40. The normalized spacial score (nSPS) is 10.4. The lowest BCUT2D eigenvalue weighted by Crippen LogP contribution is -2.03. The topological polar surface area (TPSA) is 44.8 Å². The van der Waals surface area contributed by atoms with Crippen molar-refractivity contribution >= 4 is 12.0 Å². The minimum atomic E-state index is -0.453. The van der Waals surface area contributed by atoms with E-state index in [4.69, 9.17) is 14.2 Å². The molecule has 108 valence electrons. The average molecular weight is 284 g/mol. The SMILES string of the molecule is COc1ccc(OC(=O)C=Cc2ccccc2OC)cc1. The van der Waals surface area contributed by atoms with Crippen molar-refractivity contribution in [3.05, 3.63) is 60.2 Å². The maximum absolute atomic E-state index is 11.8. The monoisotopic (exact) mass is 284 g/mol. The van der Waals surface area contributed by atoms with Crippen molar-refractivity contribution in [2.45, 2.75) is 0 Å². The molecule has 0 saturated heterocycles. The number of hydrogen-bond donors (Lipinski definition) is 0. The van der Waals surface area contributed by atoms with Crippen LogP contribution in [0.2, 0.25) is 0 Å². The molecule has 2 rings (SSSR count). The molecule has 0 atom stereocenters. The Hall–Kier alpha value is -2.75. The summed E-state index contributed by atoms with van der Waals surface area (Å²) in [5.41, 5.74) is 0.812. The predicted octanol–water partition coefficient (Wildman–Crippen LogP) is 3.32. The van der Waals surface area contributed by atoms with Crippen LogP contribution in [0.15, 0.2) is 54.6 Å². The van der Waals surface area contributed by atoms with E-state index >= 15 is 0 Å². The molecule has 0 fully saturated rings. The number of hydrogen-bond acceptors (Lipinski definition) is 4. The summed E-state index contributed by atoms with van der Waals surface area (Å²) in [4.78, 5) is 11.8. The first kappa shape index (κ1) is 14.7. The van der Waals surface area contributed by atoms with E-state index in [-0.39, 0.29) is 0 Å². The van der Waals surface area contributed by atoms with Gasteiger partial charge in [-0.3, -0.25) is 0 Å². The molecule has 0 radical (unpaired) electrons. The third kappa shape index (κ3) is 4.11. The van der Waals surface area contributed by atoms with Crippen LogP contribution in [0.25, 0.3) is 6.08 Å². The van der Waals surface area contributed by atoms with Crippen LogP contribution in [0, 0.1) is 0 Å². The second-order valence-electron chi connectivity index (χ2n) is 4.17. The largest absolute Gasteiger partial charge is 0.497 e. The molecular weight excluding hydrogens is 268 g/mol. The molecule has 0 spiro atoms.